The number of nitrogens with one attached hydrogen (secondary N) is 1. The number of aromatic nitrogens is 1. The highest BCUT2D eigenvalue weighted by Crippen LogP contribution is 2.24. The second kappa shape index (κ2) is 7.34. The molecule has 106 valence electrons. The normalized spacial score (nSPS) is 19.4. The first kappa shape index (κ1) is 14.1. The minimum Gasteiger partial charge on any atom is -0.485 e. The number of pyridine rings is 1. The molecule has 4 heteroatoms. The Morgan fingerprint density at radius 1 is 1.42 bits per heavy atom. The Morgan fingerprint density at radius 3 is 3.05 bits per heavy atom. The van der Waals surface area contributed by atoms with Crippen LogP contribution < -0.4 is 14.8 Å². The molecule has 0 bridgehead atoms. The van der Waals surface area contributed by atoms with Gasteiger partial charge < -0.3 is 14.8 Å². The Labute approximate surface area is 115 Å². The SMILES string of the molecule is CC(C)Oc1cccnc1OCCC1CCCCN1. The van der Waals surface area contributed by atoms with Crippen molar-refractivity contribution in [1.82, 2.24) is 10.3 Å². The topological polar surface area (TPSA) is 43.4 Å². The fourth-order valence-electron chi connectivity index (χ4n) is 2.30. The molecule has 19 heavy (non-hydrogen) atoms. The zero-order chi connectivity index (χ0) is 13.5. The molecule has 1 aromatic rings. The molecule has 2 rings (SSSR count). The summed E-state index contributed by atoms with van der Waals surface area (Å²) in [6.45, 7) is 5.82. The maximum atomic E-state index is 5.76. The van der Waals surface area contributed by atoms with Gasteiger partial charge in [-0.05, 0) is 51.8 Å². The van der Waals surface area contributed by atoms with Crippen LogP contribution in [0.15, 0.2) is 18.3 Å². The molecule has 4 nitrogen and oxygen atoms in total. The van der Waals surface area contributed by atoms with E-state index in [0.29, 0.717) is 18.5 Å². The number of ether oxygens (including phenoxy) is 2. The van der Waals surface area contributed by atoms with Crippen molar-refractivity contribution in [3.05, 3.63) is 18.3 Å². The molecule has 1 fully saturated rings. The highest BCUT2D eigenvalue weighted by atomic mass is 16.5. The fourth-order valence-corrected chi connectivity index (χ4v) is 2.30. The van der Waals surface area contributed by atoms with E-state index in [-0.39, 0.29) is 6.10 Å². The summed E-state index contributed by atoms with van der Waals surface area (Å²) < 4.78 is 11.4. The molecule has 2 heterocycles. The molecule has 0 aromatic carbocycles. The summed E-state index contributed by atoms with van der Waals surface area (Å²) in [5.74, 6) is 1.33. The first-order valence-corrected chi connectivity index (χ1v) is 7.23. The quantitative estimate of drug-likeness (QED) is 0.858. The average molecular weight is 264 g/mol. The van der Waals surface area contributed by atoms with Gasteiger partial charge in [-0.2, -0.15) is 0 Å². The number of hydrogen-bond donors (Lipinski definition) is 1. The predicted octanol–water partition coefficient (Wildman–Crippen LogP) is 2.78. The van der Waals surface area contributed by atoms with Crippen molar-refractivity contribution < 1.29 is 9.47 Å². The van der Waals surface area contributed by atoms with E-state index in [9.17, 15) is 0 Å². The average Bonchev–Trinajstić information content (AvgIpc) is 2.41. The maximum absolute atomic E-state index is 5.76. The summed E-state index contributed by atoms with van der Waals surface area (Å²) in [4.78, 5) is 4.25. The van der Waals surface area contributed by atoms with Gasteiger partial charge in [-0.3, -0.25) is 0 Å². The number of nitrogens with zero attached hydrogens (tertiary/aromatic N) is 1. The lowest BCUT2D eigenvalue weighted by atomic mass is 10.0. The zero-order valence-corrected chi connectivity index (χ0v) is 11.9. The minimum atomic E-state index is 0.131. The summed E-state index contributed by atoms with van der Waals surface area (Å²) in [5.41, 5.74) is 0. The Hall–Kier alpha value is -1.29. The van der Waals surface area contributed by atoms with Crippen molar-refractivity contribution in [1.29, 1.82) is 0 Å². The van der Waals surface area contributed by atoms with Crippen LogP contribution in [-0.4, -0.2) is 30.3 Å². The predicted molar refractivity (Wildman–Crippen MR) is 75.8 cm³/mol. The van der Waals surface area contributed by atoms with Crippen LogP contribution in [0.2, 0.25) is 0 Å². The summed E-state index contributed by atoms with van der Waals surface area (Å²) in [7, 11) is 0. The summed E-state index contributed by atoms with van der Waals surface area (Å²) >= 11 is 0. The van der Waals surface area contributed by atoms with Gasteiger partial charge >= 0.3 is 0 Å². The molecule has 0 amide bonds. The van der Waals surface area contributed by atoms with Crippen LogP contribution in [0.1, 0.15) is 39.5 Å². The first-order chi connectivity index (χ1) is 9.25. The van der Waals surface area contributed by atoms with Crippen molar-refractivity contribution in [3.63, 3.8) is 0 Å². The van der Waals surface area contributed by atoms with Crippen LogP contribution in [0.5, 0.6) is 11.6 Å². The van der Waals surface area contributed by atoms with Crippen LogP contribution >= 0.6 is 0 Å². The van der Waals surface area contributed by atoms with Gasteiger partial charge in [-0.15, -0.1) is 0 Å². The third-order valence-corrected chi connectivity index (χ3v) is 3.22. The lowest BCUT2D eigenvalue weighted by molar-refractivity contribution is 0.208. The van der Waals surface area contributed by atoms with Gasteiger partial charge in [0.2, 0.25) is 0 Å². The largest absolute Gasteiger partial charge is 0.485 e. The van der Waals surface area contributed by atoms with Crippen molar-refractivity contribution >= 4 is 0 Å². The van der Waals surface area contributed by atoms with Gasteiger partial charge in [-0.1, -0.05) is 6.42 Å². The van der Waals surface area contributed by atoms with Gasteiger partial charge in [0.05, 0.1) is 12.7 Å². The van der Waals surface area contributed by atoms with Crippen LogP contribution in [-0.2, 0) is 0 Å². The van der Waals surface area contributed by atoms with Gasteiger partial charge in [0.15, 0.2) is 5.75 Å². The van der Waals surface area contributed by atoms with E-state index in [2.05, 4.69) is 10.3 Å². The molecule has 0 radical (unpaired) electrons. The van der Waals surface area contributed by atoms with Crippen LogP contribution in [0.3, 0.4) is 0 Å². The molecular weight excluding hydrogens is 240 g/mol. The van der Waals surface area contributed by atoms with Crippen molar-refractivity contribution in [2.75, 3.05) is 13.2 Å². The Kier molecular flexibility index (Phi) is 5.45. The lowest BCUT2D eigenvalue weighted by Crippen LogP contribution is -2.35. The Balaban J connectivity index is 1.81. The number of piperidine rings is 1. The summed E-state index contributed by atoms with van der Waals surface area (Å²) in [6, 6.07) is 4.36. The van der Waals surface area contributed by atoms with Crippen LogP contribution in [0.25, 0.3) is 0 Å². The molecule has 1 N–H and O–H groups in total. The fraction of sp³-hybridized carbons (Fsp3) is 0.667. The zero-order valence-electron chi connectivity index (χ0n) is 11.9. The van der Waals surface area contributed by atoms with E-state index in [1.807, 2.05) is 26.0 Å². The van der Waals surface area contributed by atoms with Gasteiger partial charge in [0, 0.05) is 12.2 Å². The summed E-state index contributed by atoms with van der Waals surface area (Å²) in [6.07, 6.45) is 6.76. The van der Waals surface area contributed by atoms with Crippen molar-refractivity contribution in [3.8, 4) is 11.6 Å². The molecule has 1 aliphatic rings. The van der Waals surface area contributed by atoms with Crippen LogP contribution in [0.4, 0.5) is 0 Å². The minimum absolute atomic E-state index is 0.131. The molecular formula is C15H24N2O2. The molecule has 0 saturated carbocycles. The molecule has 0 spiro atoms. The molecule has 1 saturated heterocycles. The standard InChI is InChI=1S/C15H24N2O2/c1-12(2)19-14-7-5-10-17-15(14)18-11-8-13-6-3-4-9-16-13/h5,7,10,12-13,16H,3-4,6,8-9,11H2,1-2H3. The van der Waals surface area contributed by atoms with E-state index >= 15 is 0 Å². The van der Waals surface area contributed by atoms with Crippen molar-refractivity contribution in [2.24, 2.45) is 0 Å². The number of hydrogen-bond acceptors (Lipinski definition) is 4. The van der Waals surface area contributed by atoms with E-state index in [0.717, 1.165) is 18.7 Å². The third kappa shape index (κ3) is 4.71. The monoisotopic (exact) mass is 264 g/mol. The smallest absolute Gasteiger partial charge is 0.256 e. The lowest BCUT2D eigenvalue weighted by Gasteiger charge is -2.23. The van der Waals surface area contributed by atoms with E-state index in [1.54, 1.807) is 6.20 Å². The van der Waals surface area contributed by atoms with Crippen molar-refractivity contribution in [2.45, 2.75) is 51.7 Å². The number of rotatable bonds is 6. The maximum Gasteiger partial charge on any atom is 0.256 e. The summed E-state index contributed by atoms with van der Waals surface area (Å²) in [5, 5.41) is 3.52. The second-order valence-electron chi connectivity index (χ2n) is 5.26. The third-order valence-electron chi connectivity index (χ3n) is 3.22. The second-order valence-corrected chi connectivity index (χ2v) is 5.26. The van der Waals surface area contributed by atoms with Gasteiger partial charge in [0.25, 0.3) is 5.88 Å². The molecule has 1 unspecified atom stereocenters. The van der Waals surface area contributed by atoms with Crippen LogP contribution in [0, 0.1) is 0 Å². The highest BCUT2D eigenvalue weighted by Gasteiger charge is 2.13. The highest BCUT2D eigenvalue weighted by molar-refractivity contribution is 5.32. The molecule has 0 aliphatic carbocycles. The van der Waals surface area contributed by atoms with E-state index < -0.39 is 0 Å². The first-order valence-electron chi connectivity index (χ1n) is 7.23. The van der Waals surface area contributed by atoms with Gasteiger partial charge in [0.1, 0.15) is 0 Å². The van der Waals surface area contributed by atoms with E-state index in [1.165, 1.54) is 19.3 Å². The Morgan fingerprint density at radius 2 is 2.32 bits per heavy atom. The van der Waals surface area contributed by atoms with E-state index in [4.69, 9.17) is 9.47 Å². The van der Waals surface area contributed by atoms with Gasteiger partial charge in [-0.25, -0.2) is 4.98 Å². The Bertz CT molecular complexity index is 376. The molecule has 1 aromatic heterocycles. The molecule has 1 aliphatic heterocycles. The molecule has 1 atom stereocenters.